The minimum absolute atomic E-state index is 0.101. The van der Waals surface area contributed by atoms with Gasteiger partial charge in [0.25, 0.3) is 0 Å². The minimum Gasteiger partial charge on any atom is -0.358 e. The average molecular weight is 421 g/mol. The van der Waals surface area contributed by atoms with Crippen molar-refractivity contribution >= 4 is 35.7 Å². The van der Waals surface area contributed by atoms with Gasteiger partial charge in [-0.15, -0.1) is 5.10 Å². The molecule has 0 aliphatic carbocycles. The van der Waals surface area contributed by atoms with Crippen LogP contribution in [0.5, 0.6) is 0 Å². The molecule has 4 rings (SSSR count). The first-order valence-corrected chi connectivity index (χ1v) is 14.0. The fraction of sp³-hybridized carbons (Fsp3) is 0.348. The molecule has 0 saturated heterocycles. The van der Waals surface area contributed by atoms with E-state index in [1.807, 2.05) is 12.1 Å². The van der Waals surface area contributed by atoms with Crippen LogP contribution in [0.15, 0.2) is 42.5 Å². The molecule has 2 aromatic carbocycles. The van der Waals surface area contributed by atoms with Crippen LogP contribution in [0.2, 0.25) is 25.7 Å². The number of carbonyl (C=O) groups excluding carboxylic acids is 1. The summed E-state index contributed by atoms with van der Waals surface area (Å²) in [7, 11) is 0.910. The maximum absolute atomic E-state index is 12.2. The molecular weight excluding hydrogens is 392 g/mol. The molecule has 0 unspecified atom stereocenters. The second-order valence-electron chi connectivity index (χ2n) is 8.98. The Labute approximate surface area is 177 Å². The topological polar surface area (TPSA) is 61.9 Å². The number of hydrogen-bond acceptors (Lipinski definition) is 4. The van der Waals surface area contributed by atoms with E-state index >= 15 is 0 Å². The molecule has 2 aromatic heterocycles. The first kappa shape index (κ1) is 20.5. The van der Waals surface area contributed by atoms with Gasteiger partial charge in [0.2, 0.25) is 0 Å². The third kappa shape index (κ3) is 3.95. The lowest BCUT2D eigenvalue weighted by atomic mass is 10.1. The van der Waals surface area contributed by atoms with E-state index in [4.69, 9.17) is 4.74 Å². The summed E-state index contributed by atoms with van der Waals surface area (Å²) in [6, 6.07) is 15.6. The number of aromatic nitrogens is 4. The summed E-state index contributed by atoms with van der Waals surface area (Å²) in [5, 5.41) is 11.4. The number of hydrogen-bond donors (Lipinski definition) is 0. The van der Waals surface area contributed by atoms with Crippen LogP contribution in [0.1, 0.15) is 17.4 Å². The average Bonchev–Trinajstić information content (AvgIpc) is 3.25. The zero-order chi connectivity index (χ0) is 21.5. The second kappa shape index (κ2) is 7.81. The monoisotopic (exact) mass is 420 g/mol. The zero-order valence-electron chi connectivity index (χ0n) is 18.3. The molecular formula is C23H28N4O2Si. The van der Waals surface area contributed by atoms with E-state index in [-0.39, 0.29) is 12.5 Å². The van der Waals surface area contributed by atoms with Gasteiger partial charge < -0.3 is 9.30 Å². The van der Waals surface area contributed by atoms with Crippen LogP contribution < -0.4 is 0 Å². The molecule has 0 atom stereocenters. The van der Waals surface area contributed by atoms with Gasteiger partial charge in [-0.1, -0.05) is 50.0 Å². The zero-order valence-corrected chi connectivity index (χ0v) is 19.3. The quantitative estimate of drug-likeness (QED) is 0.237. The van der Waals surface area contributed by atoms with Gasteiger partial charge in [0, 0.05) is 56.0 Å². The SMILES string of the molecule is CC(=O)c1nn(COCC[Si](C)(C)C)nc1-c1ccc2c3ccccc3n(C)c2c1. The van der Waals surface area contributed by atoms with Crippen LogP contribution in [-0.2, 0) is 18.5 Å². The van der Waals surface area contributed by atoms with Crippen molar-refractivity contribution in [3.05, 3.63) is 48.2 Å². The highest BCUT2D eigenvalue weighted by molar-refractivity contribution is 6.76. The first-order chi connectivity index (χ1) is 14.2. The third-order valence-corrected chi connectivity index (χ3v) is 7.08. The van der Waals surface area contributed by atoms with Crippen molar-refractivity contribution in [3.8, 4) is 11.3 Å². The summed E-state index contributed by atoms with van der Waals surface area (Å²) in [6.45, 7) is 9.41. The fourth-order valence-corrected chi connectivity index (χ4v) is 4.43. The Bertz CT molecular complexity index is 1230. The Morgan fingerprint density at radius 3 is 2.50 bits per heavy atom. The van der Waals surface area contributed by atoms with Crippen molar-refractivity contribution in [3.63, 3.8) is 0 Å². The van der Waals surface area contributed by atoms with E-state index in [9.17, 15) is 4.79 Å². The number of carbonyl (C=O) groups is 1. The molecule has 4 aromatic rings. The summed E-state index contributed by atoms with van der Waals surface area (Å²) < 4.78 is 7.94. The van der Waals surface area contributed by atoms with E-state index in [0.29, 0.717) is 18.0 Å². The van der Waals surface area contributed by atoms with Gasteiger partial charge in [0.1, 0.15) is 5.69 Å². The van der Waals surface area contributed by atoms with Gasteiger partial charge in [0.15, 0.2) is 18.2 Å². The minimum atomic E-state index is -1.15. The molecule has 0 bridgehead atoms. The number of ketones is 1. The molecule has 6 nitrogen and oxygen atoms in total. The molecule has 0 saturated carbocycles. The highest BCUT2D eigenvalue weighted by Gasteiger charge is 2.19. The summed E-state index contributed by atoms with van der Waals surface area (Å²) in [5.41, 5.74) is 4.14. The van der Waals surface area contributed by atoms with Crippen molar-refractivity contribution in [1.82, 2.24) is 19.6 Å². The maximum Gasteiger partial charge on any atom is 0.182 e. The lowest BCUT2D eigenvalue weighted by Gasteiger charge is -2.14. The van der Waals surface area contributed by atoms with E-state index in [1.54, 1.807) is 0 Å². The van der Waals surface area contributed by atoms with E-state index in [1.165, 1.54) is 28.0 Å². The van der Waals surface area contributed by atoms with Gasteiger partial charge in [0.05, 0.1) is 0 Å². The number of ether oxygens (including phenoxy) is 1. The molecule has 156 valence electrons. The summed E-state index contributed by atoms with van der Waals surface area (Å²) in [5.74, 6) is -0.101. The second-order valence-corrected chi connectivity index (χ2v) is 14.6. The van der Waals surface area contributed by atoms with Crippen molar-refractivity contribution < 1.29 is 9.53 Å². The van der Waals surface area contributed by atoms with E-state index in [0.717, 1.165) is 17.1 Å². The Morgan fingerprint density at radius 2 is 1.77 bits per heavy atom. The summed E-state index contributed by atoms with van der Waals surface area (Å²) >= 11 is 0. The molecule has 0 amide bonds. The van der Waals surface area contributed by atoms with Crippen LogP contribution in [0.3, 0.4) is 0 Å². The molecule has 7 heteroatoms. The lowest BCUT2D eigenvalue weighted by molar-refractivity contribution is 0.0682. The predicted octanol–water partition coefficient (Wildman–Crippen LogP) is 5.10. The van der Waals surface area contributed by atoms with E-state index < -0.39 is 8.07 Å². The molecule has 0 spiro atoms. The smallest absolute Gasteiger partial charge is 0.182 e. The molecule has 0 aliphatic heterocycles. The molecule has 30 heavy (non-hydrogen) atoms. The Morgan fingerprint density at radius 1 is 1.03 bits per heavy atom. The number of para-hydroxylation sites is 1. The van der Waals surface area contributed by atoms with Gasteiger partial charge in [-0.2, -0.15) is 9.90 Å². The van der Waals surface area contributed by atoms with Crippen molar-refractivity contribution in [1.29, 1.82) is 0 Å². The number of fused-ring (bicyclic) bond motifs is 3. The number of rotatable bonds is 7. The third-order valence-electron chi connectivity index (χ3n) is 5.38. The van der Waals surface area contributed by atoms with Gasteiger partial charge in [-0.3, -0.25) is 4.79 Å². The highest BCUT2D eigenvalue weighted by Crippen LogP contribution is 2.32. The lowest BCUT2D eigenvalue weighted by Crippen LogP contribution is -2.22. The number of Topliss-reactive ketones (excluding diaryl/α,β-unsaturated/α-hetero) is 1. The van der Waals surface area contributed by atoms with Gasteiger partial charge >= 0.3 is 0 Å². The maximum atomic E-state index is 12.2. The molecule has 0 radical (unpaired) electrons. The Hall–Kier alpha value is -2.77. The molecule has 0 N–H and O–H groups in total. The van der Waals surface area contributed by atoms with Crippen LogP contribution >= 0.6 is 0 Å². The molecule has 0 fully saturated rings. The number of aryl methyl sites for hydroxylation is 1. The first-order valence-electron chi connectivity index (χ1n) is 10.3. The van der Waals surface area contributed by atoms with Crippen LogP contribution in [0.4, 0.5) is 0 Å². The van der Waals surface area contributed by atoms with Gasteiger partial charge in [-0.05, 0) is 18.2 Å². The summed E-state index contributed by atoms with van der Waals surface area (Å²) in [6.07, 6.45) is 0. The Balaban J connectivity index is 1.68. The summed E-state index contributed by atoms with van der Waals surface area (Å²) in [4.78, 5) is 13.7. The van der Waals surface area contributed by atoms with Crippen LogP contribution in [-0.4, -0.2) is 40.0 Å². The standard InChI is InChI=1S/C23H28N4O2Si/c1-16(28)22-23(25-27(24-22)15-29-12-13-30(3,4)5)17-10-11-19-18-8-6-7-9-20(18)26(2)21(19)14-17/h6-11,14H,12-13,15H2,1-5H3. The van der Waals surface area contributed by atoms with Crippen molar-refractivity contribution in [2.24, 2.45) is 7.05 Å². The molecule has 0 aliphatic rings. The number of benzene rings is 2. The normalized spacial score (nSPS) is 12.2. The fourth-order valence-electron chi connectivity index (χ4n) is 3.67. The Kier molecular flexibility index (Phi) is 5.34. The predicted molar refractivity (Wildman–Crippen MR) is 124 cm³/mol. The van der Waals surface area contributed by atoms with Crippen molar-refractivity contribution in [2.75, 3.05) is 6.61 Å². The number of nitrogens with zero attached hydrogens (tertiary/aromatic N) is 4. The largest absolute Gasteiger partial charge is 0.358 e. The highest BCUT2D eigenvalue weighted by atomic mass is 28.3. The molecule has 2 heterocycles. The van der Waals surface area contributed by atoms with E-state index in [2.05, 4.69) is 71.8 Å². The van der Waals surface area contributed by atoms with Crippen LogP contribution in [0, 0.1) is 0 Å². The van der Waals surface area contributed by atoms with Gasteiger partial charge in [-0.25, -0.2) is 0 Å². The van der Waals surface area contributed by atoms with Crippen LogP contribution in [0.25, 0.3) is 33.1 Å². The van der Waals surface area contributed by atoms with Crippen molar-refractivity contribution in [2.45, 2.75) is 39.3 Å².